The maximum absolute atomic E-state index is 13.0. The van der Waals surface area contributed by atoms with Crippen molar-refractivity contribution >= 4 is 11.6 Å². The normalized spacial score (nSPS) is 12.9. The van der Waals surface area contributed by atoms with Crippen molar-refractivity contribution in [1.82, 2.24) is 4.90 Å². The third-order valence-corrected chi connectivity index (χ3v) is 4.15. The minimum Gasteiger partial charge on any atom is -0.364 e. The van der Waals surface area contributed by atoms with Crippen molar-refractivity contribution in [2.24, 2.45) is 0 Å². The van der Waals surface area contributed by atoms with Crippen molar-refractivity contribution in [3.05, 3.63) is 77.6 Å². The van der Waals surface area contributed by atoms with Crippen molar-refractivity contribution in [2.75, 3.05) is 24.5 Å². The van der Waals surface area contributed by atoms with Gasteiger partial charge in [-0.25, -0.2) is 4.39 Å². The number of amides is 1. The molecule has 3 nitrogen and oxygen atoms in total. The molecule has 0 atom stereocenters. The Bertz CT molecular complexity index is 795. The highest BCUT2D eigenvalue weighted by molar-refractivity contribution is 5.94. The first kappa shape index (κ1) is 16.8. The topological polar surface area (TPSA) is 23.6 Å². The molecule has 2 aromatic carbocycles. The zero-order chi connectivity index (χ0) is 17.6. The summed E-state index contributed by atoms with van der Waals surface area (Å²) >= 11 is 0. The van der Waals surface area contributed by atoms with Crippen LogP contribution in [0.25, 0.3) is 0 Å². The molecule has 1 heterocycles. The average Bonchev–Trinajstić information content (AvgIpc) is 3.17. The Hall–Kier alpha value is -3.06. The highest BCUT2D eigenvalue weighted by atomic mass is 19.1. The van der Waals surface area contributed by atoms with Gasteiger partial charge in [-0.1, -0.05) is 30.2 Å². The second-order valence-corrected chi connectivity index (χ2v) is 5.92. The van der Waals surface area contributed by atoms with Gasteiger partial charge in [0.1, 0.15) is 5.82 Å². The molecule has 0 aromatic heterocycles. The van der Waals surface area contributed by atoms with Gasteiger partial charge < -0.3 is 9.80 Å². The fourth-order valence-corrected chi connectivity index (χ4v) is 2.81. The molecule has 0 saturated carbocycles. The number of benzene rings is 2. The fourth-order valence-electron chi connectivity index (χ4n) is 2.81. The molecular weight excluding hydrogens is 315 g/mol. The Morgan fingerprint density at radius 2 is 1.72 bits per heavy atom. The van der Waals surface area contributed by atoms with E-state index >= 15 is 0 Å². The van der Waals surface area contributed by atoms with Gasteiger partial charge in [-0.15, -0.1) is 6.42 Å². The van der Waals surface area contributed by atoms with Crippen LogP contribution < -0.4 is 4.90 Å². The number of carbonyl (C=O) groups is 1. The minimum absolute atomic E-state index is 0.131. The SMILES string of the molecule is C#CCN(Cc1ccc(F)cc1)C(=O)c1ccc(N2CC=CC2)cc1. The van der Waals surface area contributed by atoms with Crippen LogP contribution in [0.1, 0.15) is 15.9 Å². The number of hydrogen-bond acceptors (Lipinski definition) is 2. The van der Waals surface area contributed by atoms with E-state index in [2.05, 4.69) is 23.0 Å². The molecule has 0 radical (unpaired) electrons. The lowest BCUT2D eigenvalue weighted by atomic mass is 10.1. The summed E-state index contributed by atoms with van der Waals surface area (Å²) in [6, 6.07) is 13.6. The van der Waals surface area contributed by atoms with Crippen molar-refractivity contribution in [2.45, 2.75) is 6.54 Å². The van der Waals surface area contributed by atoms with Crippen molar-refractivity contribution < 1.29 is 9.18 Å². The van der Waals surface area contributed by atoms with E-state index in [1.54, 1.807) is 17.0 Å². The summed E-state index contributed by atoms with van der Waals surface area (Å²) in [5.74, 6) is 2.09. The summed E-state index contributed by atoms with van der Waals surface area (Å²) < 4.78 is 13.0. The van der Waals surface area contributed by atoms with E-state index in [1.807, 2.05) is 24.3 Å². The van der Waals surface area contributed by atoms with Crippen LogP contribution >= 0.6 is 0 Å². The second kappa shape index (κ2) is 7.67. The smallest absolute Gasteiger partial charge is 0.254 e. The zero-order valence-electron chi connectivity index (χ0n) is 13.9. The quantitative estimate of drug-likeness (QED) is 0.617. The van der Waals surface area contributed by atoms with E-state index in [0.29, 0.717) is 12.1 Å². The van der Waals surface area contributed by atoms with Gasteiger partial charge in [0.15, 0.2) is 0 Å². The summed E-state index contributed by atoms with van der Waals surface area (Å²) in [5.41, 5.74) is 2.52. The Morgan fingerprint density at radius 1 is 1.08 bits per heavy atom. The summed E-state index contributed by atoms with van der Waals surface area (Å²) in [7, 11) is 0. The number of terminal acetylenes is 1. The Balaban J connectivity index is 1.73. The molecule has 126 valence electrons. The maximum atomic E-state index is 13.0. The van der Waals surface area contributed by atoms with Crippen LogP contribution in [0.2, 0.25) is 0 Å². The lowest BCUT2D eigenvalue weighted by Gasteiger charge is -2.22. The third-order valence-electron chi connectivity index (χ3n) is 4.15. The van der Waals surface area contributed by atoms with E-state index < -0.39 is 0 Å². The van der Waals surface area contributed by atoms with E-state index in [1.165, 1.54) is 12.1 Å². The van der Waals surface area contributed by atoms with Gasteiger partial charge >= 0.3 is 0 Å². The molecular formula is C21H19FN2O. The standard InChI is InChI=1S/C21H19FN2O/c1-2-13-24(16-17-5-9-19(22)10-6-17)21(25)18-7-11-20(12-8-18)23-14-3-4-15-23/h1,3-12H,13-16H2. The molecule has 0 spiro atoms. The first-order valence-electron chi connectivity index (χ1n) is 8.14. The van der Waals surface area contributed by atoms with E-state index in [4.69, 9.17) is 6.42 Å². The summed E-state index contributed by atoms with van der Waals surface area (Å²) in [6.45, 7) is 2.33. The van der Waals surface area contributed by atoms with Crippen LogP contribution in [0.4, 0.5) is 10.1 Å². The van der Waals surface area contributed by atoms with Crippen LogP contribution in [0.5, 0.6) is 0 Å². The molecule has 0 fully saturated rings. The lowest BCUT2D eigenvalue weighted by Crippen LogP contribution is -2.31. The van der Waals surface area contributed by atoms with Crippen molar-refractivity contribution in [1.29, 1.82) is 0 Å². The van der Waals surface area contributed by atoms with Gasteiger partial charge in [-0.2, -0.15) is 0 Å². The highest BCUT2D eigenvalue weighted by Crippen LogP contribution is 2.19. The maximum Gasteiger partial charge on any atom is 0.254 e. The minimum atomic E-state index is -0.300. The zero-order valence-corrected chi connectivity index (χ0v) is 13.9. The van der Waals surface area contributed by atoms with Gasteiger partial charge in [-0.3, -0.25) is 4.79 Å². The second-order valence-electron chi connectivity index (χ2n) is 5.92. The van der Waals surface area contributed by atoms with Gasteiger partial charge in [0.05, 0.1) is 6.54 Å². The molecule has 3 rings (SSSR count). The first-order valence-corrected chi connectivity index (χ1v) is 8.14. The largest absolute Gasteiger partial charge is 0.364 e. The molecule has 1 amide bonds. The first-order chi connectivity index (χ1) is 12.2. The summed E-state index contributed by atoms with van der Waals surface area (Å²) in [4.78, 5) is 16.6. The van der Waals surface area contributed by atoms with Crippen LogP contribution in [0.3, 0.4) is 0 Å². The number of carbonyl (C=O) groups excluding carboxylic acids is 1. The van der Waals surface area contributed by atoms with Gasteiger partial charge in [-0.05, 0) is 42.0 Å². The average molecular weight is 334 g/mol. The number of anilines is 1. The molecule has 0 N–H and O–H groups in total. The van der Waals surface area contributed by atoms with E-state index in [0.717, 1.165) is 24.3 Å². The third kappa shape index (κ3) is 4.07. The molecule has 0 aliphatic carbocycles. The predicted octanol–water partition coefficient (Wildman–Crippen LogP) is 3.48. The molecule has 1 aliphatic heterocycles. The van der Waals surface area contributed by atoms with Gasteiger partial charge in [0, 0.05) is 30.9 Å². The molecule has 0 unspecified atom stereocenters. The number of hydrogen-bond donors (Lipinski definition) is 0. The molecule has 0 bridgehead atoms. The predicted molar refractivity (Wildman–Crippen MR) is 97.8 cm³/mol. The molecule has 25 heavy (non-hydrogen) atoms. The monoisotopic (exact) mass is 334 g/mol. The van der Waals surface area contributed by atoms with Crippen LogP contribution in [0.15, 0.2) is 60.7 Å². The van der Waals surface area contributed by atoms with Crippen molar-refractivity contribution in [3.8, 4) is 12.3 Å². The van der Waals surface area contributed by atoms with E-state index in [-0.39, 0.29) is 18.3 Å². The molecule has 1 aliphatic rings. The van der Waals surface area contributed by atoms with E-state index in [9.17, 15) is 9.18 Å². The Morgan fingerprint density at radius 3 is 2.32 bits per heavy atom. The highest BCUT2D eigenvalue weighted by Gasteiger charge is 2.16. The molecule has 4 heteroatoms. The summed E-state index contributed by atoms with van der Waals surface area (Å²) in [5, 5.41) is 0. The number of rotatable bonds is 5. The number of halogens is 1. The fraction of sp³-hybridized carbons (Fsp3) is 0.190. The van der Waals surface area contributed by atoms with Gasteiger partial charge in [0.25, 0.3) is 5.91 Å². The number of nitrogens with zero attached hydrogens (tertiary/aromatic N) is 2. The lowest BCUT2D eigenvalue weighted by molar-refractivity contribution is 0.0766. The summed E-state index contributed by atoms with van der Waals surface area (Å²) in [6.07, 6.45) is 9.66. The van der Waals surface area contributed by atoms with Crippen LogP contribution in [-0.2, 0) is 6.54 Å². The van der Waals surface area contributed by atoms with Crippen LogP contribution in [0, 0.1) is 18.2 Å². The van der Waals surface area contributed by atoms with Crippen molar-refractivity contribution in [3.63, 3.8) is 0 Å². The van der Waals surface area contributed by atoms with Crippen LogP contribution in [-0.4, -0.2) is 30.4 Å². The Labute approximate surface area is 147 Å². The Kier molecular flexibility index (Phi) is 5.15. The molecule has 0 saturated heterocycles. The molecule has 2 aromatic rings. The van der Waals surface area contributed by atoms with Gasteiger partial charge in [0.2, 0.25) is 0 Å².